The second kappa shape index (κ2) is 4.28. The minimum atomic E-state index is -0.430. The zero-order chi connectivity index (χ0) is 10.7. The van der Waals surface area contributed by atoms with E-state index in [-0.39, 0.29) is 11.7 Å². The van der Waals surface area contributed by atoms with Gasteiger partial charge in [0.1, 0.15) is 5.69 Å². The van der Waals surface area contributed by atoms with Crippen LogP contribution >= 0.6 is 11.6 Å². The fraction of sp³-hybridized carbons (Fsp3) is 0.333. The van der Waals surface area contributed by atoms with E-state index in [0.717, 1.165) is 0 Å². The Morgan fingerprint density at radius 3 is 2.64 bits per heavy atom. The molecule has 5 heteroatoms. The molecular weight excluding hydrogens is 204 g/mol. The van der Waals surface area contributed by atoms with Gasteiger partial charge in [-0.05, 0) is 26.0 Å². The average Bonchev–Trinajstić information content (AvgIpc) is 2.01. The smallest absolute Gasteiger partial charge is 0.292 e. The Bertz CT molecular complexity index is 353. The van der Waals surface area contributed by atoms with E-state index in [4.69, 9.17) is 11.6 Å². The highest BCUT2D eigenvalue weighted by atomic mass is 35.5. The fourth-order valence-corrected chi connectivity index (χ4v) is 1.27. The summed E-state index contributed by atoms with van der Waals surface area (Å²) in [6.07, 6.45) is 0. The van der Waals surface area contributed by atoms with Crippen molar-refractivity contribution in [2.24, 2.45) is 0 Å². The van der Waals surface area contributed by atoms with Crippen molar-refractivity contribution in [1.29, 1.82) is 0 Å². The molecule has 0 bridgehead atoms. The van der Waals surface area contributed by atoms with Gasteiger partial charge in [-0.3, -0.25) is 10.1 Å². The van der Waals surface area contributed by atoms with Crippen LogP contribution in [-0.4, -0.2) is 11.0 Å². The summed E-state index contributed by atoms with van der Waals surface area (Å²) in [5.74, 6) is 0. The summed E-state index contributed by atoms with van der Waals surface area (Å²) in [6.45, 7) is 3.81. The lowest BCUT2D eigenvalue weighted by atomic mass is 10.2. The van der Waals surface area contributed by atoms with Crippen LogP contribution in [0.4, 0.5) is 11.4 Å². The summed E-state index contributed by atoms with van der Waals surface area (Å²) in [7, 11) is 0. The predicted molar refractivity (Wildman–Crippen MR) is 56.9 cm³/mol. The molecule has 0 aliphatic rings. The number of nitro groups is 1. The largest absolute Gasteiger partial charge is 0.377 e. The summed E-state index contributed by atoms with van der Waals surface area (Å²) in [5.41, 5.74) is 0.501. The minimum Gasteiger partial charge on any atom is -0.377 e. The third kappa shape index (κ3) is 2.60. The Balaban J connectivity index is 3.09. The highest BCUT2D eigenvalue weighted by molar-refractivity contribution is 6.31. The van der Waals surface area contributed by atoms with E-state index in [1.54, 1.807) is 6.07 Å². The molecule has 76 valence electrons. The summed E-state index contributed by atoms with van der Waals surface area (Å²) >= 11 is 5.74. The maximum absolute atomic E-state index is 10.6. The minimum absolute atomic E-state index is 0.0445. The highest BCUT2D eigenvalue weighted by Crippen LogP contribution is 2.27. The van der Waals surface area contributed by atoms with E-state index < -0.39 is 4.92 Å². The summed E-state index contributed by atoms with van der Waals surface area (Å²) in [4.78, 5) is 10.2. The van der Waals surface area contributed by atoms with E-state index in [1.807, 2.05) is 13.8 Å². The molecule has 1 aromatic rings. The van der Waals surface area contributed by atoms with Crippen molar-refractivity contribution in [3.8, 4) is 0 Å². The molecule has 1 rings (SSSR count). The number of anilines is 1. The molecule has 0 atom stereocenters. The van der Waals surface area contributed by atoms with Crippen molar-refractivity contribution in [1.82, 2.24) is 0 Å². The molecule has 1 aromatic carbocycles. The molecule has 0 aliphatic heterocycles. The topological polar surface area (TPSA) is 55.2 Å². The Hall–Kier alpha value is -1.29. The van der Waals surface area contributed by atoms with Gasteiger partial charge in [-0.15, -0.1) is 0 Å². The summed E-state index contributed by atoms with van der Waals surface area (Å²) < 4.78 is 0. The molecule has 0 saturated heterocycles. The zero-order valence-electron chi connectivity index (χ0n) is 7.95. The number of nitrogens with zero attached hydrogens (tertiary/aromatic N) is 1. The number of benzene rings is 1. The molecule has 14 heavy (non-hydrogen) atoms. The Kier molecular flexibility index (Phi) is 3.30. The number of nitro benzene ring substituents is 1. The van der Waals surface area contributed by atoms with Gasteiger partial charge in [-0.2, -0.15) is 0 Å². The van der Waals surface area contributed by atoms with Crippen LogP contribution in [0.5, 0.6) is 0 Å². The quantitative estimate of drug-likeness (QED) is 0.622. The van der Waals surface area contributed by atoms with Gasteiger partial charge in [0.2, 0.25) is 0 Å². The zero-order valence-corrected chi connectivity index (χ0v) is 8.71. The van der Waals surface area contributed by atoms with Crippen molar-refractivity contribution >= 4 is 23.0 Å². The molecule has 0 aromatic heterocycles. The van der Waals surface area contributed by atoms with Crippen molar-refractivity contribution in [2.75, 3.05) is 5.32 Å². The normalized spacial score (nSPS) is 10.3. The van der Waals surface area contributed by atoms with Crippen molar-refractivity contribution in [2.45, 2.75) is 19.9 Å². The SMILES string of the molecule is CC(C)Nc1cc(Cl)ccc1[N+](=O)[O-]. The van der Waals surface area contributed by atoms with E-state index in [2.05, 4.69) is 5.32 Å². The van der Waals surface area contributed by atoms with Crippen LogP contribution in [0.3, 0.4) is 0 Å². The van der Waals surface area contributed by atoms with E-state index in [0.29, 0.717) is 10.7 Å². The molecule has 4 nitrogen and oxygen atoms in total. The van der Waals surface area contributed by atoms with E-state index >= 15 is 0 Å². The molecule has 0 aliphatic carbocycles. The highest BCUT2D eigenvalue weighted by Gasteiger charge is 2.13. The van der Waals surface area contributed by atoms with Gasteiger partial charge in [-0.25, -0.2) is 0 Å². The summed E-state index contributed by atoms with van der Waals surface area (Å²) in [5, 5.41) is 14.1. The van der Waals surface area contributed by atoms with Crippen LogP contribution in [0.25, 0.3) is 0 Å². The van der Waals surface area contributed by atoms with Crippen LogP contribution in [0.15, 0.2) is 18.2 Å². The number of hydrogen-bond donors (Lipinski definition) is 1. The first kappa shape index (κ1) is 10.8. The van der Waals surface area contributed by atoms with Crippen LogP contribution in [-0.2, 0) is 0 Å². The first-order valence-electron chi connectivity index (χ1n) is 4.21. The van der Waals surface area contributed by atoms with Gasteiger partial charge in [0.05, 0.1) is 4.92 Å². The lowest BCUT2D eigenvalue weighted by Gasteiger charge is -2.10. The van der Waals surface area contributed by atoms with Crippen molar-refractivity contribution in [3.05, 3.63) is 33.3 Å². The van der Waals surface area contributed by atoms with Crippen molar-refractivity contribution in [3.63, 3.8) is 0 Å². The van der Waals surface area contributed by atoms with Gasteiger partial charge in [0, 0.05) is 17.1 Å². The maximum Gasteiger partial charge on any atom is 0.292 e. The second-order valence-electron chi connectivity index (χ2n) is 3.22. The second-order valence-corrected chi connectivity index (χ2v) is 3.65. The fourth-order valence-electron chi connectivity index (χ4n) is 1.09. The number of nitrogens with one attached hydrogen (secondary N) is 1. The van der Waals surface area contributed by atoms with Gasteiger partial charge < -0.3 is 5.32 Å². The average molecular weight is 215 g/mol. The maximum atomic E-state index is 10.6. The Morgan fingerprint density at radius 1 is 1.50 bits per heavy atom. The Morgan fingerprint density at radius 2 is 2.14 bits per heavy atom. The molecule has 0 heterocycles. The molecule has 0 unspecified atom stereocenters. The number of rotatable bonds is 3. The molecule has 0 spiro atoms. The lowest BCUT2D eigenvalue weighted by Crippen LogP contribution is -2.11. The first-order valence-corrected chi connectivity index (χ1v) is 4.59. The third-order valence-electron chi connectivity index (χ3n) is 1.60. The van der Waals surface area contributed by atoms with Crippen molar-refractivity contribution < 1.29 is 4.92 Å². The van der Waals surface area contributed by atoms with Gasteiger partial charge >= 0.3 is 0 Å². The van der Waals surface area contributed by atoms with Gasteiger partial charge in [0.15, 0.2) is 0 Å². The van der Waals surface area contributed by atoms with Crippen LogP contribution in [0.1, 0.15) is 13.8 Å². The van der Waals surface area contributed by atoms with Crippen LogP contribution in [0, 0.1) is 10.1 Å². The standard InChI is InChI=1S/C9H11ClN2O2/c1-6(2)11-8-5-7(10)3-4-9(8)12(13)14/h3-6,11H,1-2H3. The van der Waals surface area contributed by atoms with E-state index in [1.165, 1.54) is 12.1 Å². The van der Waals surface area contributed by atoms with Gasteiger partial charge in [-0.1, -0.05) is 11.6 Å². The molecule has 0 radical (unpaired) electrons. The number of halogens is 1. The number of hydrogen-bond acceptors (Lipinski definition) is 3. The van der Waals surface area contributed by atoms with Gasteiger partial charge in [0.25, 0.3) is 5.69 Å². The predicted octanol–water partition coefficient (Wildman–Crippen LogP) is 3.07. The Labute approximate surface area is 87.0 Å². The van der Waals surface area contributed by atoms with Crippen LogP contribution in [0.2, 0.25) is 5.02 Å². The molecular formula is C9H11ClN2O2. The molecule has 0 amide bonds. The monoisotopic (exact) mass is 214 g/mol. The molecule has 0 saturated carbocycles. The van der Waals surface area contributed by atoms with E-state index in [9.17, 15) is 10.1 Å². The molecule has 0 fully saturated rings. The first-order chi connectivity index (χ1) is 6.50. The molecule has 1 N–H and O–H groups in total. The third-order valence-corrected chi connectivity index (χ3v) is 1.83. The van der Waals surface area contributed by atoms with Crippen LogP contribution < -0.4 is 5.32 Å². The lowest BCUT2D eigenvalue weighted by molar-refractivity contribution is -0.384. The summed E-state index contributed by atoms with van der Waals surface area (Å²) in [6, 6.07) is 4.59.